The van der Waals surface area contributed by atoms with Crippen LogP contribution in [-0.4, -0.2) is 37.3 Å². The number of nitrogens with one attached hydrogen (secondary N) is 2. The number of ether oxygens (including phenoxy) is 1. The number of hydrogen-bond acceptors (Lipinski definition) is 7. The predicted molar refractivity (Wildman–Crippen MR) is 173 cm³/mol. The standard InChI is InChI=1S/C35H32N6O3/c1-35(2,3)44-34(43)41-30-18-17-27(21-25(30)22-36-41)38-33-28-14-7-8-15-29(28)39-32(40-33)24-12-9-13-26(20-24)37-31(42)19-16-23-10-5-4-6-11-23/h4-15,17-18,20-22H,16,19H2,1-3H3,(H,37,42)(H,38,39,40). The average molecular weight is 585 g/mol. The van der Waals surface area contributed by atoms with Crippen LogP contribution in [-0.2, 0) is 16.0 Å². The van der Waals surface area contributed by atoms with Crippen LogP contribution in [0.3, 0.4) is 0 Å². The summed E-state index contributed by atoms with van der Waals surface area (Å²) in [7, 11) is 0. The van der Waals surface area contributed by atoms with Gasteiger partial charge in [-0.3, -0.25) is 4.79 Å². The minimum Gasteiger partial charge on any atom is -0.442 e. The van der Waals surface area contributed by atoms with Crippen molar-refractivity contribution in [3.63, 3.8) is 0 Å². The number of hydrogen-bond donors (Lipinski definition) is 2. The van der Waals surface area contributed by atoms with E-state index in [9.17, 15) is 9.59 Å². The second-order valence-electron chi connectivity index (χ2n) is 11.5. The van der Waals surface area contributed by atoms with Gasteiger partial charge in [0.1, 0.15) is 11.4 Å². The SMILES string of the molecule is CC(C)(C)OC(=O)n1ncc2cc(Nc3nc(-c4cccc(NC(=O)CCc5ccccc5)c4)nc4ccccc34)ccc21. The maximum absolute atomic E-state index is 12.7. The number of aromatic nitrogens is 4. The summed E-state index contributed by atoms with van der Waals surface area (Å²) in [5, 5.41) is 12.3. The highest BCUT2D eigenvalue weighted by atomic mass is 16.6. The highest BCUT2D eigenvalue weighted by molar-refractivity contribution is 5.95. The number of fused-ring (bicyclic) bond motifs is 2. The van der Waals surface area contributed by atoms with Crippen LogP contribution in [0.1, 0.15) is 32.8 Å². The minimum absolute atomic E-state index is 0.0572. The topological polar surface area (TPSA) is 111 Å². The summed E-state index contributed by atoms with van der Waals surface area (Å²) in [6.45, 7) is 5.45. The molecule has 0 saturated carbocycles. The lowest BCUT2D eigenvalue weighted by molar-refractivity contribution is -0.116. The van der Waals surface area contributed by atoms with Crippen LogP contribution in [0.2, 0.25) is 0 Å². The molecule has 1 amide bonds. The smallest absolute Gasteiger partial charge is 0.435 e. The Balaban J connectivity index is 1.25. The second kappa shape index (κ2) is 12.0. The molecule has 9 nitrogen and oxygen atoms in total. The van der Waals surface area contributed by atoms with Gasteiger partial charge in [-0.2, -0.15) is 9.78 Å². The van der Waals surface area contributed by atoms with Crippen molar-refractivity contribution in [1.82, 2.24) is 19.7 Å². The third kappa shape index (κ3) is 6.57. The Labute approximate surface area is 254 Å². The van der Waals surface area contributed by atoms with Crippen molar-refractivity contribution in [3.05, 3.63) is 109 Å². The largest absolute Gasteiger partial charge is 0.442 e. The number of para-hydroxylation sites is 1. The molecule has 6 aromatic rings. The summed E-state index contributed by atoms with van der Waals surface area (Å²) in [4.78, 5) is 35.0. The van der Waals surface area contributed by atoms with Gasteiger partial charge in [-0.1, -0.05) is 54.6 Å². The van der Waals surface area contributed by atoms with Gasteiger partial charge in [-0.25, -0.2) is 14.8 Å². The fourth-order valence-electron chi connectivity index (χ4n) is 4.86. The third-order valence-electron chi connectivity index (χ3n) is 6.89. The van der Waals surface area contributed by atoms with E-state index in [1.165, 1.54) is 4.68 Å². The maximum atomic E-state index is 12.7. The number of anilines is 3. The molecule has 0 spiro atoms. The molecule has 2 aromatic heterocycles. The third-order valence-corrected chi connectivity index (χ3v) is 6.89. The number of aryl methyl sites for hydroxylation is 1. The van der Waals surface area contributed by atoms with E-state index >= 15 is 0 Å². The van der Waals surface area contributed by atoms with E-state index in [0.717, 1.165) is 33.1 Å². The van der Waals surface area contributed by atoms with E-state index in [-0.39, 0.29) is 5.91 Å². The molecule has 2 heterocycles. The lowest BCUT2D eigenvalue weighted by Crippen LogP contribution is -2.27. The van der Waals surface area contributed by atoms with Crippen LogP contribution in [0.4, 0.5) is 22.0 Å². The van der Waals surface area contributed by atoms with Crippen LogP contribution in [0.5, 0.6) is 0 Å². The van der Waals surface area contributed by atoms with Gasteiger partial charge in [-0.15, -0.1) is 0 Å². The normalized spacial score (nSPS) is 11.4. The summed E-state index contributed by atoms with van der Waals surface area (Å²) in [5.41, 5.74) is 4.13. The highest BCUT2D eigenvalue weighted by Crippen LogP contribution is 2.30. The van der Waals surface area contributed by atoms with Crippen LogP contribution >= 0.6 is 0 Å². The Morgan fingerprint density at radius 2 is 1.64 bits per heavy atom. The molecule has 0 unspecified atom stereocenters. The zero-order valence-corrected chi connectivity index (χ0v) is 24.7. The van der Waals surface area contributed by atoms with Crippen LogP contribution in [0, 0.1) is 0 Å². The zero-order valence-electron chi connectivity index (χ0n) is 24.7. The molecule has 2 N–H and O–H groups in total. The maximum Gasteiger partial charge on any atom is 0.435 e. The quantitative estimate of drug-likeness (QED) is 0.197. The highest BCUT2D eigenvalue weighted by Gasteiger charge is 2.20. The first-order chi connectivity index (χ1) is 21.2. The summed E-state index contributed by atoms with van der Waals surface area (Å²) in [6, 6.07) is 30.9. The first-order valence-corrected chi connectivity index (χ1v) is 14.4. The van der Waals surface area contributed by atoms with E-state index in [1.807, 2.05) is 118 Å². The molecule has 6 rings (SSSR count). The van der Waals surface area contributed by atoms with Crippen LogP contribution in [0.15, 0.2) is 103 Å². The number of amides is 1. The second-order valence-corrected chi connectivity index (χ2v) is 11.5. The number of nitrogens with zero attached hydrogens (tertiary/aromatic N) is 4. The van der Waals surface area contributed by atoms with Crippen molar-refractivity contribution in [3.8, 4) is 11.4 Å². The molecule has 0 radical (unpaired) electrons. The molecule has 0 aliphatic heterocycles. The lowest BCUT2D eigenvalue weighted by atomic mass is 10.1. The number of rotatable bonds is 7. The number of carbonyl (C=O) groups is 2. The first-order valence-electron chi connectivity index (χ1n) is 14.4. The first kappa shape index (κ1) is 28.5. The van der Waals surface area contributed by atoms with E-state index < -0.39 is 11.7 Å². The van der Waals surface area contributed by atoms with E-state index in [4.69, 9.17) is 14.7 Å². The Morgan fingerprint density at radius 3 is 2.45 bits per heavy atom. The van der Waals surface area contributed by atoms with E-state index in [0.29, 0.717) is 35.7 Å². The molecule has 9 heteroatoms. The van der Waals surface area contributed by atoms with Crippen molar-refractivity contribution in [2.24, 2.45) is 0 Å². The van der Waals surface area contributed by atoms with Gasteiger partial charge >= 0.3 is 6.09 Å². The number of carbonyl (C=O) groups excluding carboxylic acids is 2. The summed E-state index contributed by atoms with van der Waals surface area (Å²) < 4.78 is 6.75. The average Bonchev–Trinajstić information content (AvgIpc) is 3.43. The summed E-state index contributed by atoms with van der Waals surface area (Å²) in [6.07, 6.45) is 2.15. The Kier molecular flexibility index (Phi) is 7.76. The molecule has 0 aliphatic rings. The molecule has 4 aromatic carbocycles. The molecular formula is C35H32N6O3. The Morgan fingerprint density at radius 1 is 0.841 bits per heavy atom. The molecule has 0 aliphatic carbocycles. The van der Waals surface area contributed by atoms with Crippen LogP contribution < -0.4 is 10.6 Å². The zero-order chi connectivity index (χ0) is 30.7. The summed E-state index contributed by atoms with van der Waals surface area (Å²) >= 11 is 0. The van der Waals surface area contributed by atoms with Crippen LogP contribution in [0.25, 0.3) is 33.2 Å². The van der Waals surface area contributed by atoms with Crippen molar-refractivity contribution >= 4 is 51.0 Å². The fraction of sp³-hybridized carbons (Fsp3) is 0.171. The predicted octanol–water partition coefficient (Wildman–Crippen LogP) is 7.74. The van der Waals surface area contributed by atoms with Gasteiger partial charge in [0.2, 0.25) is 5.91 Å². The molecular weight excluding hydrogens is 552 g/mol. The lowest BCUT2D eigenvalue weighted by Gasteiger charge is -2.19. The van der Waals surface area contributed by atoms with Gasteiger partial charge in [0.05, 0.1) is 17.2 Å². The van der Waals surface area contributed by atoms with Crippen molar-refractivity contribution in [2.45, 2.75) is 39.2 Å². The van der Waals surface area contributed by atoms with Gasteiger partial charge in [0.25, 0.3) is 0 Å². The molecule has 0 saturated heterocycles. The Hall–Kier alpha value is -5.57. The van der Waals surface area contributed by atoms with Gasteiger partial charge < -0.3 is 15.4 Å². The number of benzene rings is 4. The summed E-state index contributed by atoms with van der Waals surface area (Å²) in [5.74, 6) is 1.09. The van der Waals surface area contributed by atoms with E-state index in [2.05, 4.69) is 15.7 Å². The molecule has 220 valence electrons. The van der Waals surface area contributed by atoms with Gasteiger partial charge in [0, 0.05) is 34.1 Å². The van der Waals surface area contributed by atoms with Crippen molar-refractivity contribution < 1.29 is 14.3 Å². The molecule has 0 atom stereocenters. The molecule has 0 bridgehead atoms. The fourth-order valence-corrected chi connectivity index (χ4v) is 4.86. The molecule has 44 heavy (non-hydrogen) atoms. The van der Waals surface area contributed by atoms with Crippen molar-refractivity contribution in [2.75, 3.05) is 10.6 Å². The monoisotopic (exact) mass is 584 g/mol. The van der Waals surface area contributed by atoms with Gasteiger partial charge in [-0.05, 0) is 75.2 Å². The molecule has 0 fully saturated rings. The van der Waals surface area contributed by atoms with Crippen molar-refractivity contribution in [1.29, 1.82) is 0 Å². The minimum atomic E-state index is -0.629. The van der Waals surface area contributed by atoms with Gasteiger partial charge in [0.15, 0.2) is 5.82 Å². The Bertz CT molecular complexity index is 1980. The van der Waals surface area contributed by atoms with E-state index in [1.54, 1.807) is 6.20 Å².